The van der Waals surface area contributed by atoms with Gasteiger partial charge in [0.2, 0.25) is 0 Å². The van der Waals surface area contributed by atoms with Gasteiger partial charge in [0.1, 0.15) is 0 Å². The largest absolute Gasteiger partial charge is 0.192 e. The van der Waals surface area contributed by atoms with Crippen molar-refractivity contribution in [1.82, 2.24) is 0 Å². The van der Waals surface area contributed by atoms with Gasteiger partial charge in [0.05, 0.1) is 15.7 Å². The zero-order valence-corrected chi connectivity index (χ0v) is 11.5. The Morgan fingerprint density at radius 3 is 2.56 bits per heavy atom. The molecule has 0 fully saturated rings. The number of rotatable bonds is 2. The molecule has 0 unspecified atom stereocenters. The summed E-state index contributed by atoms with van der Waals surface area (Å²) in [6.45, 7) is 0. The van der Waals surface area contributed by atoms with Crippen LogP contribution in [-0.2, 0) is 0 Å². The average Bonchev–Trinajstić information content (AvgIpc) is 2.38. The Labute approximate surface area is 118 Å². The summed E-state index contributed by atoms with van der Waals surface area (Å²) in [4.78, 5) is 0. The molecule has 1 aliphatic carbocycles. The molecule has 3 heteroatoms. The van der Waals surface area contributed by atoms with Crippen LogP contribution >= 0.6 is 25.3 Å². The number of nitriles is 1. The van der Waals surface area contributed by atoms with Gasteiger partial charge in [0.25, 0.3) is 0 Å². The van der Waals surface area contributed by atoms with E-state index in [0.717, 1.165) is 11.1 Å². The number of benzene rings is 1. The van der Waals surface area contributed by atoms with E-state index in [0.29, 0.717) is 12.0 Å². The Balaban J connectivity index is 2.27. The number of hydrogen-bond donors (Lipinski definition) is 2. The second kappa shape index (κ2) is 5.51. The normalized spacial score (nSPS) is 18.1. The predicted octanol–water partition coefficient (Wildman–Crippen LogP) is 4.04. The number of nitrogens with zero attached hydrogens (tertiary/aromatic N) is 1. The van der Waals surface area contributed by atoms with E-state index in [9.17, 15) is 5.26 Å². The highest BCUT2D eigenvalue weighted by molar-refractivity contribution is 8.00. The maximum Gasteiger partial charge on any atom is 0.0998 e. The molecule has 0 saturated carbocycles. The van der Waals surface area contributed by atoms with Gasteiger partial charge in [-0.05, 0) is 23.6 Å². The van der Waals surface area contributed by atoms with E-state index in [1.54, 1.807) is 0 Å². The molecule has 1 nitrogen and oxygen atoms in total. The van der Waals surface area contributed by atoms with Gasteiger partial charge in [-0.15, -0.1) is 0 Å². The van der Waals surface area contributed by atoms with Crippen molar-refractivity contribution in [2.75, 3.05) is 0 Å². The molecule has 0 aromatic heterocycles. The first kappa shape index (κ1) is 13.1. The fraction of sp³-hybridized carbons (Fsp3) is 0.133. The first-order chi connectivity index (χ1) is 8.61. The maximum absolute atomic E-state index is 9.24. The zero-order chi connectivity index (χ0) is 13.0. The van der Waals surface area contributed by atoms with Crippen LogP contribution in [-0.4, -0.2) is 4.08 Å². The van der Waals surface area contributed by atoms with Crippen LogP contribution in [0.4, 0.5) is 0 Å². The quantitative estimate of drug-likeness (QED) is 0.473. The second-order valence-corrected chi connectivity index (χ2v) is 6.10. The minimum absolute atomic E-state index is 0.406. The third-order valence-electron chi connectivity index (χ3n) is 2.69. The van der Waals surface area contributed by atoms with E-state index < -0.39 is 4.08 Å². The van der Waals surface area contributed by atoms with E-state index in [4.69, 9.17) is 0 Å². The van der Waals surface area contributed by atoms with Gasteiger partial charge in [0.15, 0.2) is 0 Å². The van der Waals surface area contributed by atoms with Crippen molar-refractivity contribution in [1.29, 1.82) is 5.26 Å². The fourth-order valence-corrected chi connectivity index (χ4v) is 2.05. The van der Waals surface area contributed by atoms with Crippen LogP contribution in [0.2, 0.25) is 0 Å². The Kier molecular flexibility index (Phi) is 4.00. The highest BCUT2D eigenvalue weighted by atomic mass is 32.2. The summed E-state index contributed by atoms with van der Waals surface area (Å²) in [5.41, 5.74) is 2.62. The summed E-state index contributed by atoms with van der Waals surface area (Å²) in [6, 6.07) is 12.1. The topological polar surface area (TPSA) is 23.8 Å². The van der Waals surface area contributed by atoms with Crippen molar-refractivity contribution in [3.63, 3.8) is 0 Å². The molecule has 1 aliphatic rings. The summed E-state index contributed by atoms with van der Waals surface area (Å²) < 4.78 is -0.406. The highest BCUT2D eigenvalue weighted by Gasteiger charge is 2.19. The van der Waals surface area contributed by atoms with Crippen LogP contribution in [0.3, 0.4) is 0 Å². The number of hydrogen-bond acceptors (Lipinski definition) is 3. The van der Waals surface area contributed by atoms with Crippen LogP contribution in [0.1, 0.15) is 12.0 Å². The molecule has 0 aliphatic heterocycles. The molecule has 0 spiro atoms. The van der Waals surface area contributed by atoms with Crippen molar-refractivity contribution in [3.05, 3.63) is 65.3 Å². The Bertz CT molecular complexity index is 560. The van der Waals surface area contributed by atoms with Gasteiger partial charge in [-0.3, -0.25) is 0 Å². The number of thiol groups is 2. The van der Waals surface area contributed by atoms with Crippen LogP contribution in [0, 0.1) is 11.3 Å². The summed E-state index contributed by atoms with van der Waals surface area (Å²) in [5.74, 6) is 0. The second-order valence-electron chi connectivity index (χ2n) is 4.16. The highest BCUT2D eigenvalue weighted by Crippen LogP contribution is 2.32. The first-order valence-corrected chi connectivity index (χ1v) is 6.51. The molecule has 1 aromatic carbocycles. The summed E-state index contributed by atoms with van der Waals surface area (Å²) in [5, 5.41) is 9.24. The molecule has 0 atom stereocenters. The molecular weight excluding hydrogens is 258 g/mol. The zero-order valence-electron chi connectivity index (χ0n) is 9.74. The van der Waals surface area contributed by atoms with Gasteiger partial charge in [0, 0.05) is 0 Å². The first-order valence-electron chi connectivity index (χ1n) is 5.62. The van der Waals surface area contributed by atoms with Crippen LogP contribution in [0.5, 0.6) is 0 Å². The third-order valence-corrected chi connectivity index (χ3v) is 3.36. The lowest BCUT2D eigenvalue weighted by Gasteiger charge is -2.20. The van der Waals surface area contributed by atoms with Gasteiger partial charge in [-0.25, -0.2) is 0 Å². The van der Waals surface area contributed by atoms with E-state index in [1.165, 1.54) is 0 Å². The lowest BCUT2D eigenvalue weighted by Crippen LogP contribution is -2.10. The Hall–Kier alpha value is -1.37. The lowest BCUT2D eigenvalue weighted by atomic mass is 9.98. The monoisotopic (exact) mass is 271 g/mol. The predicted molar refractivity (Wildman–Crippen MR) is 82.6 cm³/mol. The average molecular weight is 271 g/mol. The lowest BCUT2D eigenvalue weighted by molar-refractivity contribution is 0.994. The maximum atomic E-state index is 9.24. The van der Waals surface area contributed by atoms with Crippen molar-refractivity contribution >= 4 is 31.3 Å². The van der Waals surface area contributed by atoms with Crippen LogP contribution in [0.15, 0.2) is 59.7 Å². The van der Waals surface area contributed by atoms with Crippen molar-refractivity contribution in [2.45, 2.75) is 10.5 Å². The smallest absolute Gasteiger partial charge is 0.0998 e. The molecule has 0 heterocycles. The molecule has 1 aromatic rings. The minimum Gasteiger partial charge on any atom is -0.192 e. The van der Waals surface area contributed by atoms with E-state index in [2.05, 4.69) is 31.3 Å². The van der Waals surface area contributed by atoms with E-state index in [-0.39, 0.29) is 0 Å². The summed E-state index contributed by atoms with van der Waals surface area (Å²) >= 11 is 8.77. The molecule has 0 N–H and O–H groups in total. The molecule has 0 bridgehead atoms. The molecule has 2 rings (SSSR count). The molecule has 18 heavy (non-hydrogen) atoms. The third kappa shape index (κ3) is 3.32. The molecule has 0 amide bonds. The van der Waals surface area contributed by atoms with Crippen molar-refractivity contribution in [3.8, 4) is 6.07 Å². The fourth-order valence-electron chi connectivity index (χ4n) is 1.72. The van der Waals surface area contributed by atoms with Gasteiger partial charge in [-0.1, -0.05) is 48.6 Å². The van der Waals surface area contributed by atoms with Gasteiger partial charge >= 0.3 is 0 Å². The molecule has 0 saturated heterocycles. The van der Waals surface area contributed by atoms with Crippen molar-refractivity contribution < 1.29 is 0 Å². The molecular formula is C15H13NS2. The Morgan fingerprint density at radius 1 is 1.28 bits per heavy atom. The summed E-state index contributed by atoms with van der Waals surface area (Å²) in [6.07, 6.45) is 8.41. The van der Waals surface area contributed by atoms with Crippen LogP contribution < -0.4 is 0 Å². The van der Waals surface area contributed by atoms with E-state index >= 15 is 0 Å². The van der Waals surface area contributed by atoms with Crippen molar-refractivity contribution in [2.24, 2.45) is 0 Å². The Morgan fingerprint density at radius 2 is 2.00 bits per heavy atom. The standard InChI is InChI=1S/C15H13NS2/c16-11-14(10-12-4-2-1-3-5-12)13-6-8-15(17,18)9-7-13/h1-8,10,17-18H,9H2. The van der Waals surface area contributed by atoms with Gasteiger partial charge < -0.3 is 0 Å². The minimum atomic E-state index is -0.406. The van der Waals surface area contributed by atoms with E-state index in [1.807, 2.05) is 54.6 Å². The van der Waals surface area contributed by atoms with Crippen LogP contribution in [0.25, 0.3) is 6.08 Å². The molecule has 90 valence electrons. The van der Waals surface area contributed by atoms with Gasteiger partial charge in [-0.2, -0.15) is 30.5 Å². The SMILES string of the molecule is N#CC(=Cc1ccccc1)C1=CCC(S)(S)C=C1. The number of allylic oxidation sites excluding steroid dienone is 4. The molecule has 0 radical (unpaired) electrons. The summed E-state index contributed by atoms with van der Waals surface area (Å²) in [7, 11) is 0.